The van der Waals surface area contributed by atoms with Crippen molar-refractivity contribution in [2.24, 2.45) is 0 Å². The first-order valence-electron chi connectivity index (χ1n) is 6.11. The Hall–Kier alpha value is -1.56. The molecule has 0 aliphatic heterocycles. The first kappa shape index (κ1) is 15.5. The highest BCUT2D eigenvalue weighted by molar-refractivity contribution is 7.92. The standard InChI is InChI=1S/C13H20N2O3S/c1-5-11-6-8-12(9-7-11)15(19(4,17)18)10(2)13(16)14-3/h6-10H,5H2,1-4H3,(H,14,16)/t10-/m1/s1. The van der Waals surface area contributed by atoms with Gasteiger partial charge in [-0.05, 0) is 31.0 Å². The van der Waals surface area contributed by atoms with E-state index in [0.29, 0.717) is 5.69 Å². The van der Waals surface area contributed by atoms with Crippen LogP contribution in [-0.4, -0.2) is 33.7 Å². The number of likely N-dealkylation sites (N-methyl/N-ethyl adjacent to an activating group) is 1. The topological polar surface area (TPSA) is 66.5 Å². The highest BCUT2D eigenvalue weighted by atomic mass is 32.2. The molecule has 1 aromatic carbocycles. The molecule has 1 rings (SSSR count). The lowest BCUT2D eigenvalue weighted by atomic mass is 10.1. The van der Waals surface area contributed by atoms with Crippen LogP contribution in [0.15, 0.2) is 24.3 Å². The van der Waals surface area contributed by atoms with Gasteiger partial charge in [0.25, 0.3) is 0 Å². The van der Waals surface area contributed by atoms with Gasteiger partial charge >= 0.3 is 0 Å². The number of anilines is 1. The summed E-state index contributed by atoms with van der Waals surface area (Å²) in [5.74, 6) is -0.343. The molecule has 0 saturated carbocycles. The summed E-state index contributed by atoms with van der Waals surface area (Å²) in [5.41, 5.74) is 1.61. The van der Waals surface area contributed by atoms with Crippen molar-refractivity contribution in [1.82, 2.24) is 5.32 Å². The third-order valence-corrected chi connectivity index (χ3v) is 4.18. The van der Waals surface area contributed by atoms with Crippen LogP contribution in [0.5, 0.6) is 0 Å². The molecule has 106 valence electrons. The van der Waals surface area contributed by atoms with Crippen LogP contribution in [0.1, 0.15) is 19.4 Å². The first-order valence-corrected chi connectivity index (χ1v) is 7.96. The van der Waals surface area contributed by atoms with Crippen LogP contribution in [-0.2, 0) is 21.2 Å². The molecule has 19 heavy (non-hydrogen) atoms. The van der Waals surface area contributed by atoms with E-state index in [9.17, 15) is 13.2 Å². The lowest BCUT2D eigenvalue weighted by molar-refractivity contribution is -0.121. The SMILES string of the molecule is CCc1ccc(N([C@H](C)C(=O)NC)S(C)(=O)=O)cc1. The van der Waals surface area contributed by atoms with Gasteiger partial charge in [0.05, 0.1) is 11.9 Å². The van der Waals surface area contributed by atoms with E-state index < -0.39 is 16.1 Å². The highest BCUT2D eigenvalue weighted by Crippen LogP contribution is 2.21. The van der Waals surface area contributed by atoms with Crippen molar-refractivity contribution in [3.63, 3.8) is 0 Å². The number of benzene rings is 1. The van der Waals surface area contributed by atoms with Crippen molar-refractivity contribution in [2.75, 3.05) is 17.6 Å². The van der Waals surface area contributed by atoms with Gasteiger partial charge in [-0.2, -0.15) is 0 Å². The van der Waals surface area contributed by atoms with E-state index in [4.69, 9.17) is 0 Å². The molecule has 5 nitrogen and oxygen atoms in total. The summed E-state index contributed by atoms with van der Waals surface area (Å²) >= 11 is 0. The number of nitrogens with one attached hydrogen (secondary N) is 1. The van der Waals surface area contributed by atoms with Crippen LogP contribution in [0.2, 0.25) is 0 Å². The molecule has 1 aromatic rings. The lowest BCUT2D eigenvalue weighted by Gasteiger charge is -2.27. The zero-order valence-electron chi connectivity index (χ0n) is 11.7. The highest BCUT2D eigenvalue weighted by Gasteiger charge is 2.28. The minimum atomic E-state index is -3.52. The molecule has 0 spiro atoms. The van der Waals surface area contributed by atoms with Crippen LogP contribution < -0.4 is 9.62 Å². The van der Waals surface area contributed by atoms with Crippen LogP contribution >= 0.6 is 0 Å². The van der Waals surface area contributed by atoms with E-state index in [1.165, 1.54) is 7.05 Å². The zero-order chi connectivity index (χ0) is 14.6. The maximum absolute atomic E-state index is 11.9. The van der Waals surface area contributed by atoms with Gasteiger partial charge in [0, 0.05) is 7.05 Å². The second kappa shape index (κ2) is 6.06. The number of aryl methyl sites for hydroxylation is 1. The van der Waals surface area contributed by atoms with Crippen molar-refractivity contribution in [3.05, 3.63) is 29.8 Å². The predicted octanol–water partition coefficient (Wildman–Crippen LogP) is 1.15. The molecule has 0 bridgehead atoms. The minimum Gasteiger partial charge on any atom is -0.357 e. The smallest absolute Gasteiger partial charge is 0.243 e. The molecule has 0 aliphatic rings. The molecule has 6 heteroatoms. The second-order valence-electron chi connectivity index (χ2n) is 4.37. The number of carbonyl (C=O) groups is 1. The summed E-state index contributed by atoms with van der Waals surface area (Å²) in [6, 6.07) is 6.39. The summed E-state index contributed by atoms with van der Waals surface area (Å²) in [4.78, 5) is 11.7. The number of sulfonamides is 1. The monoisotopic (exact) mass is 284 g/mol. The number of hydrogen-bond donors (Lipinski definition) is 1. The number of nitrogens with zero attached hydrogens (tertiary/aromatic N) is 1. The molecule has 1 N–H and O–H groups in total. The number of amides is 1. The molecular formula is C13H20N2O3S. The molecule has 0 saturated heterocycles. The maximum atomic E-state index is 11.9. The first-order chi connectivity index (χ1) is 8.81. The van der Waals surface area contributed by atoms with Gasteiger partial charge in [0.15, 0.2) is 0 Å². The van der Waals surface area contributed by atoms with E-state index in [1.807, 2.05) is 19.1 Å². The Kier molecular flexibility index (Phi) is 4.94. The quantitative estimate of drug-likeness (QED) is 0.882. The molecule has 0 radical (unpaired) electrons. The van der Waals surface area contributed by atoms with Crippen molar-refractivity contribution in [3.8, 4) is 0 Å². The summed E-state index contributed by atoms with van der Waals surface area (Å²) < 4.78 is 24.9. The fraction of sp³-hybridized carbons (Fsp3) is 0.462. The van der Waals surface area contributed by atoms with Crippen molar-refractivity contribution in [1.29, 1.82) is 0 Å². The van der Waals surface area contributed by atoms with E-state index in [-0.39, 0.29) is 5.91 Å². The number of hydrogen-bond acceptors (Lipinski definition) is 3. The Morgan fingerprint density at radius 3 is 2.21 bits per heavy atom. The summed E-state index contributed by atoms with van der Waals surface area (Å²) in [6.07, 6.45) is 1.98. The van der Waals surface area contributed by atoms with Gasteiger partial charge in [-0.3, -0.25) is 9.10 Å². The number of carbonyl (C=O) groups excluding carboxylic acids is 1. The minimum absolute atomic E-state index is 0.343. The normalized spacial score (nSPS) is 12.8. The van der Waals surface area contributed by atoms with Crippen molar-refractivity contribution < 1.29 is 13.2 Å². The molecule has 1 atom stereocenters. The largest absolute Gasteiger partial charge is 0.357 e. The summed E-state index contributed by atoms with van der Waals surface area (Å²) in [7, 11) is -2.03. The Morgan fingerprint density at radius 2 is 1.84 bits per heavy atom. The van der Waals surface area contributed by atoms with Gasteiger partial charge in [-0.15, -0.1) is 0 Å². The van der Waals surface area contributed by atoms with Crippen LogP contribution in [0.25, 0.3) is 0 Å². The molecule has 0 fully saturated rings. The van der Waals surface area contributed by atoms with Crippen LogP contribution in [0.4, 0.5) is 5.69 Å². The Labute approximate surface area is 114 Å². The van der Waals surface area contributed by atoms with E-state index >= 15 is 0 Å². The van der Waals surface area contributed by atoms with Gasteiger partial charge in [0.2, 0.25) is 15.9 Å². The molecule has 0 heterocycles. The third-order valence-electron chi connectivity index (χ3n) is 2.93. The van der Waals surface area contributed by atoms with Crippen molar-refractivity contribution in [2.45, 2.75) is 26.3 Å². The summed E-state index contributed by atoms with van der Waals surface area (Å²) in [5, 5.41) is 2.46. The molecule has 1 amide bonds. The average molecular weight is 284 g/mol. The molecule has 0 aliphatic carbocycles. The summed E-state index contributed by atoms with van der Waals surface area (Å²) in [6.45, 7) is 3.59. The average Bonchev–Trinajstić information content (AvgIpc) is 2.37. The fourth-order valence-corrected chi connectivity index (χ4v) is 3.07. The van der Waals surface area contributed by atoms with E-state index in [0.717, 1.165) is 22.5 Å². The van der Waals surface area contributed by atoms with E-state index in [2.05, 4.69) is 5.32 Å². The van der Waals surface area contributed by atoms with Gasteiger partial charge in [0.1, 0.15) is 6.04 Å². The molecular weight excluding hydrogens is 264 g/mol. The zero-order valence-corrected chi connectivity index (χ0v) is 12.5. The van der Waals surface area contributed by atoms with Gasteiger partial charge < -0.3 is 5.32 Å². The van der Waals surface area contributed by atoms with E-state index in [1.54, 1.807) is 19.1 Å². The van der Waals surface area contributed by atoms with Crippen molar-refractivity contribution >= 4 is 21.6 Å². The maximum Gasteiger partial charge on any atom is 0.243 e. The number of rotatable bonds is 5. The Balaban J connectivity index is 3.21. The molecule has 0 unspecified atom stereocenters. The lowest BCUT2D eigenvalue weighted by Crippen LogP contribution is -2.46. The predicted molar refractivity (Wildman–Crippen MR) is 76.7 cm³/mol. The van der Waals surface area contributed by atoms with Crippen LogP contribution in [0.3, 0.4) is 0 Å². The van der Waals surface area contributed by atoms with Crippen LogP contribution in [0, 0.1) is 0 Å². The fourth-order valence-electron chi connectivity index (χ4n) is 1.90. The van der Waals surface area contributed by atoms with Gasteiger partial charge in [-0.25, -0.2) is 8.42 Å². The van der Waals surface area contributed by atoms with Gasteiger partial charge in [-0.1, -0.05) is 19.1 Å². The second-order valence-corrected chi connectivity index (χ2v) is 6.23. The molecule has 0 aromatic heterocycles. The third kappa shape index (κ3) is 3.70. The Morgan fingerprint density at radius 1 is 1.32 bits per heavy atom. The Bertz CT molecular complexity index is 538.